The molecule has 7 heteroatoms. The highest BCUT2D eigenvalue weighted by molar-refractivity contribution is 5.80. The predicted octanol–water partition coefficient (Wildman–Crippen LogP) is 1.62. The van der Waals surface area contributed by atoms with Crippen LogP contribution in [0.15, 0.2) is 29.3 Å². The molecule has 3 rings (SSSR count). The molecule has 1 unspecified atom stereocenters. The summed E-state index contributed by atoms with van der Waals surface area (Å²) in [6.07, 6.45) is 2.82. The highest BCUT2D eigenvalue weighted by Gasteiger charge is 2.22. The minimum absolute atomic E-state index is 0.273. The zero-order chi connectivity index (χ0) is 17.6. The first kappa shape index (κ1) is 17.3. The molecule has 1 aromatic carbocycles. The smallest absolute Gasteiger partial charge is 0.191 e. The number of nitrogens with one attached hydrogen (secondary N) is 2. The number of phenols is 1. The molecule has 0 aliphatic carbocycles. The van der Waals surface area contributed by atoms with Gasteiger partial charge >= 0.3 is 0 Å². The van der Waals surface area contributed by atoms with Crippen molar-refractivity contribution in [3.8, 4) is 5.75 Å². The lowest BCUT2D eigenvalue weighted by atomic mass is 10.1. The van der Waals surface area contributed by atoms with E-state index in [1.165, 1.54) is 0 Å². The van der Waals surface area contributed by atoms with Gasteiger partial charge in [0.25, 0.3) is 0 Å². The number of nitrogens with zero attached hydrogens (tertiary/aromatic N) is 4. The van der Waals surface area contributed by atoms with Gasteiger partial charge in [0.1, 0.15) is 11.6 Å². The Labute approximate surface area is 148 Å². The Kier molecular flexibility index (Phi) is 5.53. The summed E-state index contributed by atoms with van der Waals surface area (Å²) in [5.41, 5.74) is 1.06. The van der Waals surface area contributed by atoms with Gasteiger partial charge in [-0.15, -0.1) is 0 Å². The fourth-order valence-electron chi connectivity index (χ4n) is 2.91. The summed E-state index contributed by atoms with van der Waals surface area (Å²) in [7, 11) is 0. The highest BCUT2D eigenvalue weighted by atomic mass is 16.3. The summed E-state index contributed by atoms with van der Waals surface area (Å²) in [6.45, 7) is 6.32. The van der Waals surface area contributed by atoms with Crippen LogP contribution in [-0.2, 0) is 25.9 Å². The number of hydrogen-bond acceptors (Lipinski definition) is 4. The van der Waals surface area contributed by atoms with Crippen molar-refractivity contribution in [2.45, 2.75) is 52.2 Å². The van der Waals surface area contributed by atoms with E-state index < -0.39 is 0 Å². The van der Waals surface area contributed by atoms with E-state index in [0.717, 1.165) is 55.5 Å². The fraction of sp³-hybridized carbons (Fsp3) is 0.500. The third-order valence-corrected chi connectivity index (χ3v) is 4.26. The van der Waals surface area contributed by atoms with Crippen LogP contribution in [0.5, 0.6) is 5.75 Å². The zero-order valence-corrected chi connectivity index (χ0v) is 14.9. The molecule has 2 heterocycles. The van der Waals surface area contributed by atoms with Gasteiger partial charge in [0.15, 0.2) is 11.8 Å². The van der Waals surface area contributed by atoms with Gasteiger partial charge in [-0.05, 0) is 31.0 Å². The monoisotopic (exact) mass is 342 g/mol. The maximum absolute atomic E-state index is 9.36. The van der Waals surface area contributed by atoms with E-state index in [1.54, 1.807) is 12.1 Å². The summed E-state index contributed by atoms with van der Waals surface area (Å²) in [6, 6.07) is 7.43. The van der Waals surface area contributed by atoms with Crippen LogP contribution in [0.25, 0.3) is 0 Å². The van der Waals surface area contributed by atoms with Gasteiger partial charge in [0.05, 0.1) is 13.1 Å². The average molecular weight is 342 g/mol. The maximum atomic E-state index is 9.36. The molecule has 0 saturated heterocycles. The topological polar surface area (TPSA) is 87.4 Å². The van der Waals surface area contributed by atoms with E-state index in [-0.39, 0.29) is 11.8 Å². The molecule has 7 nitrogen and oxygen atoms in total. The molecule has 0 amide bonds. The number of rotatable bonds is 5. The Morgan fingerprint density at radius 2 is 2.12 bits per heavy atom. The number of aromatic hydroxyl groups is 1. The molecule has 1 aliphatic rings. The van der Waals surface area contributed by atoms with E-state index in [4.69, 9.17) is 0 Å². The van der Waals surface area contributed by atoms with Crippen molar-refractivity contribution in [3.63, 3.8) is 0 Å². The number of guanidine groups is 1. The summed E-state index contributed by atoms with van der Waals surface area (Å²) in [5.74, 6) is 3.08. The van der Waals surface area contributed by atoms with Crippen molar-refractivity contribution in [2.24, 2.45) is 4.99 Å². The lowest BCUT2D eigenvalue weighted by Gasteiger charge is -2.25. The Morgan fingerprint density at radius 3 is 2.84 bits per heavy atom. The molecular weight excluding hydrogens is 316 g/mol. The number of aromatic nitrogens is 3. The van der Waals surface area contributed by atoms with Gasteiger partial charge < -0.3 is 15.7 Å². The first-order valence-electron chi connectivity index (χ1n) is 8.93. The van der Waals surface area contributed by atoms with Crippen molar-refractivity contribution in [1.82, 2.24) is 25.4 Å². The van der Waals surface area contributed by atoms with Crippen LogP contribution >= 0.6 is 0 Å². The summed E-state index contributed by atoms with van der Waals surface area (Å²) < 4.78 is 2.02. The third-order valence-electron chi connectivity index (χ3n) is 4.26. The quantitative estimate of drug-likeness (QED) is 0.568. The van der Waals surface area contributed by atoms with Crippen molar-refractivity contribution in [3.05, 3.63) is 41.5 Å². The molecule has 0 saturated carbocycles. The van der Waals surface area contributed by atoms with Gasteiger partial charge in [-0.2, -0.15) is 5.10 Å². The number of aliphatic imine (C=N–C) groups is 1. The van der Waals surface area contributed by atoms with Crippen molar-refractivity contribution in [1.29, 1.82) is 0 Å². The molecule has 134 valence electrons. The second-order valence-corrected chi connectivity index (χ2v) is 6.22. The molecule has 3 N–H and O–H groups in total. The zero-order valence-electron chi connectivity index (χ0n) is 14.9. The molecule has 25 heavy (non-hydrogen) atoms. The standard InChI is InChI=1S/C18H26N6O/c1-3-16-22-17-10-7-14(12-24(17)23-16)21-18(19-4-2)20-11-13-5-8-15(25)9-6-13/h5-6,8-9,14,25H,3-4,7,10-12H2,1-2H3,(H2,19,20,21). The highest BCUT2D eigenvalue weighted by Crippen LogP contribution is 2.14. The van der Waals surface area contributed by atoms with Crippen molar-refractivity contribution < 1.29 is 5.11 Å². The normalized spacial score (nSPS) is 17.2. The summed E-state index contributed by atoms with van der Waals surface area (Å²) in [4.78, 5) is 9.21. The molecular formula is C18H26N6O. The van der Waals surface area contributed by atoms with E-state index >= 15 is 0 Å². The minimum atomic E-state index is 0.273. The maximum Gasteiger partial charge on any atom is 0.191 e. The summed E-state index contributed by atoms with van der Waals surface area (Å²) in [5, 5.41) is 20.7. The van der Waals surface area contributed by atoms with Gasteiger partial charge in [-0.1, -0.05) is 19.1 Å². The molecule has 0 spiro atoms. The van der Waals surface area contributed by atoms with Crippen LogP contribution in [0.3, 0.4) is 0 Å². The van der Waals surface area contributed by atoms with Crippen LogP contribution in [0, 0.1) is 0 Å². The van der Waals surface area contributed by atoms with Crippen molar-refractivity contribution >= 4 is 5.96 Å². The second-order valence-electron chi connectivity index (χ2n) is 6.22. The van der Waals surface area contributed by atoms with Crippen LogP contribution in [0.2, 0.25) is 0 Å². The number of hydrogen-bond donors (Lipinski definition) is 3. The van der Waals surface area contributed by atoms with E-state index in [0.29, 0.717) is 6.54 Å². The third kappa shape index (κ3) is 4.49. The fourth-order valence-corrected chi connectivity index (χ4v) is 2.91. The first-order chi connectivity index (χ1) is 12.2. The number of fused-ring (bicyclic) bond motifs is 1. The van der Waals surface area contributed by atoms with Gasteiger partial charge in [-0.25, -0.2) is 14.7 Å². The summed E-state index contributed by atoms with van der Waals surface area (Å²) >= 11 is 0. The molecule has 1 aromatic heterocycles. The number of phenolic OH excluding ortho intramolecular Hbond substituents is 1. The van der Waals surface area contributed by atoms with Gasteiger partial charge in [-0.3, -0.25) is 0 Å². The minimum Gasteiger partial charge on any atom is -0.508 e. The first-order valence-corrected chi connectivity index (χ1v) is 8.93. The Balaban J connectivity index is 1.63. The Hall–Kier alpha value is -2.57. The predicted molar refractivity (Wildman–Crippen MR) is 97.6 cm³/mol. The average Bonchev–Trinajstić information content (AvgIpc) is 3.03. The van der Waals surface area contributed by atoms with Crippen LogP contribution in [0.4, 0.5) is 0 Å². The Morgan fingerprint density at radius 1 is 1.32 bits per heavy atom. The molecule has 0 fully saturated rings. The van der Waals surface area contributed by atoms with Crippen molar-refractivity contribution in [2.75, 3.05) is 6.54 Å². The number of aryl methyl sites for hydroxylation is 2. The molecule has 0 radical (unpaired) electrons. The lowest BCUT2D eigenvalue weighted by Crippen LogP contribution is -2.47. The van der Waals surface area contributed by atoms with Crippen LogP contribution < -0.4 is 10.6 Å². The Bertz CT molecular complexity index is 722. The number of benzene rings is 1. The molecule has 2 aromatic rings. The van der Waals surface area contributed by atoms with E-state index in [2.05, 4.69) is 39.6 Å². The van der Waals surface area contributed by atoms with Crippen LogP contribution in [0.1, 0.15) is 37.5 Å². The second kappa shape index (κ2) is 8.00. The molecule has 1 aliphatic heterocycles. The lowest BCUT2D eigenvalue weighted by molar-refractivity contribution is 0.392. The van der Waals surface area contributed by atoms with E-state index in [9.17, 15) is 5.11 Å². The van der Waals surface area contributed by atoms with E-state index in [1.807, 2.05) is 16.8 Å². The largest absolute Gasteiger partial charge is 0.508 e. The molecule has 1 atom stereocenters. The SMILES string of the molecule is CCNC(=NCc1ccc(O)cc1)NC1CCc2nc(CC)nn2C1. The van der Waals surface area contributed by atoms with Gasteiger partial charge in [0, 0.05) is 25.4 Å². The van der Waals surface area contributed by atoms with Crippen LogP contribution in [-0.4, -0.2) is 38.4 Å². The van der Waals surface area contributed by atoms with Gasteiger partial charge in [0.2, 0.25) is 0 Å². The molecule has 0 bridgehead atoms.